The van der Waals surface area contributed by atoms with Crippen molar-refractivity contribution >= 4 is 35.3 Å². The number of methoxy groups -OCH3 is 1. The van der Waals surface area contributed by atoms with Crippen molar-refractivity contribution < 1.29 is 19.0 Å². The topological polar surface area (TPSA) is 92.9 Å². The van der Waals surface area contributed by atoms with Gasteiger partial charge >= 0.3 is 0 Å². The Labute approximate surface area is 166 Å². The third-order valence-corrected chi connectivity index (χ3v) is 3.67. The zero-order valence-corrected chi connectivity index (χ0v) is 15.8. The van der Waals surface area contributed by atoms with Crippen LogP contribution in [0.15, 0.2) is 41.5 Å². The van der Waals surface area contributed by atoms with E-state index in [2.05, 4.69) is 10.5 Å². The van der Waals surface area contributed by atoms with Gasteiger partial charge in [-0.15, -0.1) is 0 Å². The number of carbonyl (C=O) groups is 1. The molecule has 0 radical (unpaired) electrons. The van der Waals surface area contributed by atoms with Crippen LogP contribution in [0.3, 0.4) is 0 Å². The summed E-state index contributed by atoms with van der Waals surface area (Å²) in [6.45, 7) is -0.347. The van der Waals surface area contributed by atoms with Crippen LogP contribution >= 0.6 is 23.2 Å². The summed E-state index contributed by atoms with van der Waals surface area (Å²) < 4.78 is 15.7. The van der Waals surface area contributed by atoms with Crippen molar-refractivity contribution in [1.82, 2.24) is 5.43 Å². The smallest absolute Gasteiger partial charge is 0.277 e. The summed E-state index contributed by atoms with van der Waals surface area (Å²) in [7, 11) is 1.48. The van der Waals surface area contributed by atoms with Crippen molar-refractivity contribution in [3.8, 4) is 23.3 Å². The van der Waals surface area contributed by atoms with E-state index in [1.165, 1.54) is 19.4 Å². The monoisotopic (exact) mass is 407 g/mol. The number of amides is 1. The Morgan fingerprint density at radius 1 is 1.19 bits per heavy atom. The Bertz CT molecular complexity index is 881. The van der Waals surface area contributed by atoms with E-state index in [-0.39, 0.29) is 13.2 Å². The molecule has 1 N–H and O–H groups in total. The molecule has 2 rings (SSSR count). The van der Waals surface area contributed by atoms with E-state index in [0.29, 0.717) is 32.9 Å². The SMILES string of the molecule is COc1cc(/C=N/NC(=O)COc2ccc(Cl)cc2Cl)ccc1OCC#N. The second-order valence-corrected chi connectivity index (χ2v) is 5.86. The molecule has 0 aliphatic carbocycles. The fourth-order valence-electron chi connectivity index (χ4n) is 1.94. The van der Waals surface area contributed by atoms with E-state index in [9.17, 15) is 4.79 Å². The number of carbonyl (C=O) groups excluding carboxylic acids is 1. The Kier molecular flexibility index (Phi) is 7.74. The lowest BCUT2D eigenvalue weighted by Crippen LogP contribution is -2.24. The molecule has 0 saturated heterocycles. The molecule has 7 nitrogen and oxygen atoms in total. The number of nitriles is 1. The molecule has 0 fully saturated rings. The zero-order chi connectivity index (χ0) is 19.6. The van der Waals surface area contributed by atoms with Gasteiger partial charge in [0.05, 0.1) is 18.3 Å². The first-order valence-corrected chi connectivity index (χ1v) is 8.36. The summed E-state index contributed by atoms with van der Waals surface area (Å²) in [5.41, 5.74) is 3.00. The van der Waals surface area contributed by atoms with E-state index in [1.54, 1.807) is 30.3 Å². The van der Waals surface area contributed by atoms with Crippen LogP contribution in [0.2, 0.25) is 10.0 Å². The molecule has 0 spiro atoms. The lowest BCUT2D eigenvalue weighted by Gasteiger charge is -2.08. The Balaban J connectivity index is 1.88. The van der Waals surface area contributed by atoms with Crippen molar-refractivity contribution in [2.24, 2.45) is 5.10 Å². The van der Waals surface area contributed by atoms with Gasteiger partial charge in [0.15, 0.2) is 24.7 Å². The maximum atomic E-state index is 11.8. The van der Waals surface area contributed by atoms with Crippen LogP contribution in [0, 0.1) is 11.3 Å². The molecule has 2 aromatic carbocycles. The molecule has 0 aliphatic rings. The number of halogens is 2. The average Bonchev–Trinajstić information content (AvgIpc) is 2.66. The van der Waals surface area contributed by atoms with Crippen LogP contribution in [0.4, 0.5) is 0 Å². The second kappa shape index (κ2) is 10.3. The molecule has 0 aromatic heterocycles. The molecule has 2 aromatic rings. The van der Waals surface area contributed by atoms with E-state index >= 15 is 0 Å². The maximum absolute atomic E-state index is 11.8. The standard InChI is InChI=1S/C18H15Cl2N3O4/c1-25-17-8-12(2-4-16(17)26-7-6-21)10-22-23-18(24)11-27-15-5-3-13(19)9-14(15)20/h2-5,8-10H,7,11H2,1H3,(H,23,24)/b22-10+. The Morgan fingerprint density at radius 2 is 1.96 bits per heavy atom. The first kappa shape index (κ1) is 20.4. The van der Waals surface area contributed by atoms with Gasteiger partial charge in [-0.25, -0.2) is 5.43 Å². The van der Waals surface area contributed by atoms with Crippen molar-refractivity contribution in [2.45, 2.75) is 0 Å². The number of hydrazone groups is 1. The molecule has 140 valence electrons. The largest absolute Gasteiger partial charge is 0.493 e. The fraction of sp³-hybridized carbons (Fsp3) is 0.167. The van der Waals surface area contributed by atoms with Gasteiger partial charge < -0.3 is 14.2 Å². The van der Waals surface area contributed by atoms with Gasteiger partial charge in [-0.1, -0.05) is 23.2 Å². The molecule has 0 heterocycles. The highest BCUT2D eigenvalue weighted by Crippen LogP contribution is 2.28. The lowest BCUT2D eigenvalue weighted by molar-refractivity contribution is -0.123. The van der Waals surface area contributed by atoms with Gasteiger partial charge in [-0.2, -0.15) is 10.4 Å². The van der Waals surface area contributed by atoms with Gasteiger partial charge in [0.1, 0.15) is 11.8 Å². The van der Waals surface area contributed by atoms with Crippen LogP contribution in [0.1, 0.15) is 5.56 Å². The van der Waals surface area contributed by atoms with Gasteiger partial charge in [0, 0.05) is 5.02 Å². The molecule has 1 amide bonds. The molecular weight excluding hydrogens is 393 g/mol. The third-order valence-electron chi connectivity index (χ3n) is 3.14. The number of benzene rings is 2. The molecule has 0 saturated carbocycles. The van der Waals surface area contributed by atoms with Gasteiger partial charge in [0.25, 0.3) is 5.91 Å². The Morgan fingerprint density at radius 3 is 2.67 bits per heavy atom. The number of rotatable bonds is 8. The first-order valence-electron chi connectivity index (χ1n) is 7.61. The minimum atomic E-state index is -0.460. The number of hydrogen-bond donors (Lipinski definition) is 1. The van der Waals surface area contributed by atoms with Gasteiger partial charge in [0.2, 0.25) is 0 Å². The van der Waals surface area contributed by atoms with E-state index < -0.39 is 5.91 Å². The third kappa shape index (κ3) is 6.37. The average molecular weight is 408 g/mol. The van der Waals surface area contributed by atoms with Crippen LogP contribution in [0.25, 0.3) is 0 Å². The molecule has 27 heavy (non-hydrogen) atoms. The molecule has 0 aliphatic heterocycles. The molecule has 0 bridgehead atoms. The van der Waals surface area contributed by atoms with Crippen LogP contribution in [-0.4, -0.2) is 32.4 Å². The number of nitrogens with zero attached hydrogens (tertiary/aromatic N) is 2. The second-order valence-electron chi connectivity index (χ2n) is 5.01. The minimum absolute atomic E-state index is 0.0858. The van der Waals surface area contributed by atoms with E-state index in [4.69, 9.17) is 42.7 Å². The minimum Gasteiger partial charge on any atom is -0.493 e. The van der Waals surface area contributed by atoms with E-state index in [0.717, 1.165) is 0 Å². The first-order chi connectivity index (χ1) is 13.0. The van der Waals surface area contributed by atoms with Gasteiger partial charge in [-0.3, -0.25) is 4.79 Å². The summed E-state index contributed by atoms with van der Waals surface area (Å²) >= 11 is 11.8. The van der Waals surface area contributed by atoms with Crippen molar-refractivity contribution in [2.75, 3.05) is 20.3 Å². The summed E-state index contributed by atoms with van der Waals surface area (Å²) in [6, 6.07) is 11.6. The molecule has 9 heteroatoms. The van der Waals surface area contributed by atoms with Crippen LogP contribution < -0.4 is 19.6 Å². The fourth-order valence-corrected chi connectivity index (χ4v) is 2.40. The van der Waals surface area contributed by atoms with E-state index in [1.807, 2.05) is 6.07 Å². The zero-order valence-electron chi connectivity index (χ0n) is 14.2. The maximum Gasteiger partial charge on any atom is 0.277 e. The van der Waals surface area contributed by atoms with Gasteiger partial charge in [-0.05, 0) is 42.0 Å². The quantitative estimate of drug-likeness (QED) is 0.534. The predicted molar refractivity (Wildman–Crippen MR) is 102 cm³/mol. The molecular formula is C18H15Cl2N3O4. The number of hydrogen-bond acceptors (Lipinski definition) is 6. The highest BCUT2D eigenvalue weighted by atomic mass is 35.5. The highest BCUT2D eigenvalue weighted by Gasteiger charge is 2.07. The van der Waals surface area contributed by atoms with Crippen molar-refractivity contribution in [3.63, 3.8) is 0 Å². The number of ether oxygens (including phenoxy) is 3. The number of nitrogens with one attached hydrogen (secondary N) is 1. The summed E-state index contributed by atoms with van der Waals surface area (Å²) in [6.07, 6.45) is 1.43. The summed E-state index contributed by atoms with van der Waals surface area (Å²) in [5.74, 6) is 0.769. The molecule has 0 atom stereocenters. The lowest BCUT2D eigenvalue weighted by atomic mass is 10.2. The predicted octanol–water partition coefficient (Wildman–Crippen LogP) is 3.43. The van der Waals surface area contributed by atoms with Crippen LogP contribution in [0.5, 0.6) is 17.2 Å². The summed E-state index contributed by atoms with van der Waals surface area (Å²) in [4.78, 5) is 11.8. The van der Waals surface area contributed by atoms with Crippen molar-refractivity contribution in [3.05, 3.63) is 52.0 Å². The van der Waals surface area contributed by atoms with Crippen molar-refractivity contribution in [1.29, 1.82) is 5.26 Å². The van der Waals surface area contributed by atoms with Crippen LogP contribution in [-0.2, 0) is 4.79 Å². The normalized spacial score (nSPS) is 10.3. The molecule has 0 unspecified atom stereocenters. The highest BCUT2D eigenvalue weighted by molar-refractivity contribution is 6.35. The summed E-state index contributed by atoms with van der Waals surface area (Å²) in [5, 5.41) is 13.2. The Hall–Kier alpha value is -2.95.